The van der Waals surface area contributed by atoms with E-state index in [2.05, 4.69) is 16.0 Å². The van der Waals surface area contributed by atoms with Crippen LogP contribution in [0.1, 0.15) is 47.0 Å². The molecule has 2 unspecified atom stereocenters. The van der Waals surface area contributed by atoms with Gasteiger partial charge in [0.1, 0.15) is 11.6 Å². The molecule has 136 valence electrons. The molecular weight excluding hydrogens is 312 g/mol. The van der Waals surface area contributed by atoms with Crippen LogP contribution in [0.4, 0.5) is 4.79 Å². The van der Waals surface area contributed by atoms with Crippen molar-refractivity contribution in [3.05, 3.63) is 0 Å². The molecule has 8 nitrogen and oxygen atoms in total. The van der Waals surface area contributed by atoms with Crippen LogP contribution < -0.4 is 21.7 Å². The Bertz CT molecular complexity index is 520. The molecule has 4 amide bonds. The van der Waals surface area contributed by atoms with Gasteiger partial charge in [0.2, 0.25) is 11.8 Å². The highest BCUT2D eigenvalue weighted by molar-refractivity contribution is 5.98. The number of hydrogen-bond acceptors (Lipinski definition) is 4. The highest BCUT2D eigenvalue weighted by Crippen LogP contribution is 2.47. The zero-order valence-corrected chi connectivity index (χ0v) is 14.8. The SMILES string of the molecule is CCC(=O)C1(NC(=O)[C@@H](NC(C)=O)C(C)C)CC1CCNC(N)=O. The third-order valence-electron chi connectivity index (χ3n) is 4.37. The topological polar surface area (TPSA) is 130 Å². The van der Waals surface area contributed by atoms with Crippen molar-refractivity contribution >= 4 is 23.6 Å². The normalized spacial score (nSPS) is 23.3. The Morgan fingerprint density at radius 2 is 1.88 bits per heavy atom. The maximum Gasteiger partial charge on any atom is 0.312 e. The Morgan fingerprint density at radius 1 is 1.25 bits per heavy atom. The molecule has 0 saturated heterocycles. The molecule has 5 N–H and O–H groups in total. The van der Waals surface area contributed by atoms with E-state index in [-0.39, 0.29) is 29.4 Å². The van der Waals surface area contributed by atoms with Crippen LogP contribution in [-0.2, 0) is 14.4 Å². The van der Waals surface area contributed by atoms with Gasteiger partial charge in [0.05, 0.1) is 0 Å². The van der Waals surface area contributed by atoms with Gasteiger partial charge < -0.3 is 21.7 Å². The molecule has 1 fully saturated rings. The van der Waals surface area contributed by atoms with Crippen LogP contribution in [0, 0.1) is 11.8 Å². The molecule has 1 saturated carbocycles. The molecule has 0 aromatic heterocycles. The average molecular weight is 340 g/mol. The van der Waals surface area contributed by atoms with Gasteiger partial charge >= 0.3 is 6.03 Å². The van der Waals surface area contributed by atoms with E-state index in [1.807, 2.05) is 13.8 Å². The molecule has 1 aliphatic rings. The number of urea groups is 1. The summed E-state index contributed by atoms with van der Waals surface area (Å²) in [6, 6.07) is -1.30. The lowest BCUT2D eigenvalue weighted by atomic mass is 9.99. The van der Waals surface area contributed by atoms with Crippen LogP contribution in [0.3, 0.4) is 0 Å². The van der Waals surface area contributed by atoms with Gasteiger partial charge in [-0.2, -0.15) is 0 Å². The van der Waals surface area contributed by atoms with E-state index < -0.39 is 17.6 Å². The molecule has 0 heterocycles. The minimum absolute atomic E-state index is 0.0362. The van der Waals surface area contributed by atoms with Gasteiger partial charge in [-0.15, -0.1) is 0 Å². The summed E-state index contributed by atoms with van der Waals surface area (Å²) in [5.74, 6) is -0.822. The number of nitrogens with one attached hydrogen (secondary N) is 3. The third-order valence-corrected chi connectivity index (χ3v) is 4.37. The Kier molecular flexibility index (Phi) is 6.74. The molecule has 1 aliphatic carbocycles. The predicted octanol–water partition coefficient (Wildman–Crippen LogP) is 0.0595. The summed E-state index contributed by atoms with van der Waals surface area (Å²) in [6.07, 6.45) is 1.41. The number of carbonyl (C=O) groups is 4. The quantitative estimate of drug-likeness (QED) is 0.473. The van der Waals surface area contributed by atoms with Crippen molar-refractivity contribution in [3.63, 3.8) is 0 Å². The number of nitrogens with two attached hydrogens (primary N) is 1. The fourth-order valence-corrected chi connectivity index (χ4v) is 2.98. The smallest absolute Gasteiger partial charge is 0.312 e. The van der Waals surface area contributed by atoms with Crippen molar-refractivity contribution in [2.24, 2.45) is 17.6 Å². The number of rotatable bonds is 9. The van der Waals surface area contributed by atoms with E-state index in [4.69, 9.17) is 5.73 Å². The number of hydrogen-bond donors (Lipinski definition) is 4. The molecule has 24 heavy (non-hydrogen) atoms. The second kappa shape index (κ2) is 8.12. The van der Waals surface area contributed by atoms with Crippen molar-refractivity contribution in [3.8, 4) is 0 Å². The first kappa shape index (κ1) is 19.9. The highest BCUT2D eigenvalue weighted by atomic mass is 16.2. The van der Waals surface area contributed by atoms with Crippen molar-refractivity contribution in [1.29, 1.82) is 0 Å². The Morgan fingerprint density at radius 3 is 2.33 bits per heavy atom. The number of primary amides is 1. The fourth-order valence-electron chi connectivity index (χ4n) is 2.98. The van der Waals surface area contributed by atoms with Gasteiger partial charge in [-0.05, 0) is 24.7 Å². The van der Waals surface area contributed by atoms with E-state index in [9.17, 15) is 19.2 Å². The third kappa shape index (κ3) is 4.94. The molecule has 1 rings (SSSR count). The monoisotopic (exact) mass is 340 g/mol. The molecular formula is C16H28N4O4. The largest absolute Gasteiger partial charge is 0.352 e. The first-order valence-corrected chi connectivity index (χ1v) is 8.29. The molecule has 8 heteroatoms. The van der Waals surface area contributed by atoms with Gasteiger partial charge in [-0.25, -0.2) is 4.79 Å². The minimum Gasteiger partial charge on any atom is -0.352 e. The fraction of sp³-hybridized carbons (Fsp3) is 0.750. The summed E-state index contributed by atoms with van der Waals surface area (Å²) in [7, 11) is 0. The van der Waals surface area contributed by atoms with E-state index >= 15 is 0 Å². The van der Waals surface area contributed by atoms with Gasteiger partial charge in [0.25, 0.3) is 0 Å². The van der Waals surface area contributed by atoms with Gasteiger partial charge in [-0.1, -0.05) is 20.8 Å². The Hall–Kier alpha value is -2.12. The van der Waals surface area contributed by atoms with Crippen molar-refractivity contribution in [2.75, 3.05) is 6.54 Å². The maximum atomic E-state index is 12.6. The van der Waals surface area contributed by atoms with Crippen LogP contribution in [0.15, 0.2) is 0 Å². The molecule has 3 atom stereocenters. The van der Waals surface area contributed by atoms with E-state index in [1.54, 1.807) is 6.92 Å². The molecule has 0 aromatic rings. The van der Waals surface area contributed by atoms with Gasteiger partial charge in [-0.3, -0.25) is 14.4 Å². The van der Waals surface area contributed by atoms with Gasteiger partial charge in [0.15, 0.2) is 5.78 Å². The van der Waals surface area contributed by atoms with Crippen LogP contribution in [0.25, 0.3) is 0 Å². The second-order valence-corrected chi connectivity index (χ2v) is 6.64. The number of carbonyl (C=O) groups excluding carboxylic acids is 4. The highest BCUT2D eigenvalue weighted by Gasteiger charge is 2.59. The lowest BCUT2D eigenvalue weighted by Gasteiger charge is -2.25. The predicted molar refractivity (Wildman–Crippen MR) is 88.9 cm³/mol. The van der Waals surface area contributed by atoms with Gasteiger partial charge in [0, 0.05) is 19.9 Å². The first-order valence-electron chi connectivity index (χ1n) is 8.29. The second-order valence-electron chi connectivity index (χ2n) is 6.64. The summed E-state index contributed by atoms with van der Waals surface area (Å²) in [6.45, 7) is 7.12. The van der Waals surface area contributed by atoms with Crippen molar-refractivity contribution in [2.45, 2.75) is 58.5 Å². The first-order chi connectivity index (χ1) is 11.1. The minimum atomic E-state index is -0.892. The zero-order chi connectivity index (χ0) is 18.5. The number of Topliss-reactive ketones (excluding diaryl/α,β-unsaturated/α-hetero) is 1. The van der Waals surface area contributed by atoms with Crippen LogP contribution >= 0.6 is 0 Å². The maximum absolute atomic E-state index is 12.6. The molecule has 0 radical (unpaired) electrons. The van der Waals surface area contributed by atoms with E-state index in [0.717, 1.165) is 0 Å². The van der Waals surface area contributed by atoms with Crippen molar-refractivity contribution in [1.82, 2.24) is 16.0 Å². The number of ketones is 1. The van der Waals surface area contributed by atoms with E-state index in [0.29, 0.717) is 25.8 Å². The Balaban J connectivity index is 2.77. The Labute approximate surface area is 142 Å². The molecule has 0 bridgehead atoms. The summed E-state index contributed by atoms with van der Waals surface area (Å²) in [5, 5.41) is 7.96. The van der Waals surface area contributed by atoms with Crippen molar-refractivity contribution < 1.29 is 19.2 Å². The standard InChI is InChI=1S/C16H28N4O4/c1-5-12(22)16(8-11(16)6-7-18-15(17)24)20-14(23)13(9(2)3)19-10(4)21/h9,11,13H,5-8H2,1-4H3,(H,19,21)(H,20,23)(H3,17,18,24)/t11?,13-,16?/m0/s1. The van der Waals surface area contributed by atoms with E-state index in [1.165, 1.54) is 6.92 Å². The van der Waals surface area contributed by atoms with Crippen LogP contribution in [-0.4, -0.2) is 41.8 Å². The summed E-state index contributed by atoms with van der Waals surface area (Å²) >= 11 is 0. The lowest BCUT2D eigenvalue weighted by molar-refractivity contribution is -0.132. The van der Waals surface area contributed by atoms with Crippen LogP contribution in [0.2, 0.25) is 0 Å². The lowest BCUT2D eigenvalue weighted by Crippen LogP contribution is -2.55. The zero-order valence-electron chi connectivity index (χ0n) is 14.8. The average Bonchev–Trinajstić information content (AvgIpc) is 3.16. The number of amides is 4. The molecule has 0 spiro atoms. The summed E-state index contributed by atoms with van der Waals surface area (Å²) in [5.41, 5.74) is 4.13. The van der Waals surface area contributed by atoms with Crippen LogP contribution in [0.5, 0.6) is 0 Å². The molecule has 0 aromatic carbocycles. The summed E-state index contributed by atoms with van der Waals surface area (Å²) < 4.78 is 0. The molecule has 0 aliphatic heterocycles. The summed E-state index contributed by atoms with van der Waals surface area (Å²) in [4.78, 5) is 46.9.